The Hall–Kier alpha value is -0.720. The number of sulfone groups is 2. The van der Waals surface area contributed by atoms with Crippen molar-refractivity contribution in [1.29, 1.82) is 0 Å². The molecule has 0 aromatic heterocycles. The van der Waals surface area contributed by atoms with E-state index in [1.54, 1.807) is 0 Å². The summed E-state index contributed by atoms with van der Waals surface area (Å²) in [6.07, 6.45) is 6.32. The average molecular weight is 336 g/mol. The minimum absolute atomic E-state index is 0.279. The van der Waals surface area contributed by atoms with Crippen LogP contribution in [0.1, 0.15) is 64.7 Å². The molecule has 0 aliphatic heterocycles. The van der Waals surface area contributed by atoms with E-state index in [0.717, 1.165) is 38.5 Å². The number of unbranched alkanes of at least 4 members (excludes halogenated alkanes) is 3. The summed E-state index contributed by atoms with van der Waals surface area (Å²) in [7, 11) is -8.11. The molecule has 21 heavy (non-hydrogen) atoms. The van der Waals surface area contributed by atoms with Crippen molar-refractivity contribution in [3.05, 3.63) is 5.53 Å². The third kappa shape index (κ3) is 4.90. The molecule has 0 bridgehead atoms. The van der Waals surface area contributed by atoms with Crippen LogP contribution < -0.4 is 0 Å². The number of hydrogen-bond acceptors (Lipinski definition) is 4. The zero-order valence-corrected chi connectivity index (χ0v) is 14.1. The van der Waals surface area contributed by atoms with Gasteiger partial charge in [-0.3, -0.25) is 0 Å². The van der Waals surface area contributed by atoms with Crippen molar-refractivity contribution in [2.45, 2.75) is 70.0 Å². The van der Waals surface area contributed by atoms with Crippen molar-refractivity contribution in [1.82, 2.24) is 0 Å². The Balaban J connectivity index is 2.88. The van der Waals surface area contributed by atoms with Crippen molar-refractivity contribution in [3.8, 4) is 0 Å². The van der Waals surface area contributed by atoms with Crippen molar-refractivity contribution < 1.29 is 21.6 Å². The first-order valence-electron chi connectivity index (χ1n) is 7.55. The summed E-state index contributed by atoms with van der Waals surface area (Å²) in [6.45, 7) is 2.00. The van der Waals surface area contributed by atoms with Crippen LogP contribution in [0.5, 0.6) is 0 Å². The van der Waals surface area contributed by atoms with E-state index >= 15 is 0 Å². The van der Waals surface area contributed by atoms with Gasteiger partial charge in [-0.2, -0.15) is 0 Å². The summed E-state index contributed by atoms with van der Waals surface area (Å²) in [5.41, 5.74) is 8.96. The highest BCUT2D eigenvalue weighted by Crippen LogP contribution is 2.26. The third-order valence-corrected chi connectivity index (χ3v) is 8.66. The first kappa shape index (κ1) is 18.3. The second-order valence-corrected chi connectivity index (χ2v) is 9.98. The van der Waals surface area contributed by atoms with Gasteiger partial charge in [0.05, 0.1) is 11.0 Å². The fourth-order valence-corrected chi connectivity index (χ4v) is 6.93. The molecule has 1 aliphatic rings. The highest BCUT2D eigenvalue weighted by molar-refractivity contribution is 8.31. The van der Waals surface area contributed by atoms with Gasteiger partial charge in [0.25, 0.3) is 19.7 Å². The quantitative estimate of drug-likeness (QED) is 0.244. The second kappa shape index (κ2) is 8.06. The minimum atomic E-state index is -4.06. The van der Waals surface area contributed by atoms with E-state index in [2.05, 4.69) is 4.79 Å². The van der Waals surface area contributed by atoms with Crippen LogP contribution in [0.25, 0.3) is 5.53 Å². The van der Waals surface area contributed by atoms with Crippen LogP contribution in [0, 0.1) is 0 Å². The Morgan fingerprint density at radius 1 is 1.05 bits per heavy atom. The van der Waals surface area contributed by atoms with Gasteiger partial charge in [0.2, 0.25) is 0 Å². The molecular formula is C13H24N2O4S2. The molecule has 0 atom stereocenters. The normalized spacial score (nSPS) is 17.4. The van der Waals surface area contributed by atoms with Crippen molar-refractivity contribution in [3.63, 3.8) is 0 Å². The Morgan fingerprint density at radius 3 is 2.19 bits per heavy atom. The Bertz CT molecular complexity index is 584. The maximum absolute atomic E-state index is 12.4. The van der Waals surface area contributed by atoms with E-state index in [1.807, 2.05) is 6.92 Å². The smallest absolute Gasteiger partial charge is 0.359 e. The molecule has 0 spiro atoms. The van der Waals surface area contributed by atoms with Gasteiger partial charge in [-0.15, -0.1) is 4.79 Å². The van der Waals surface area contributed by atoms with Crippen molar-refractivity contribution in [2.24, 2.45) is 0 Å². The van der Waals surface area contributed by atoms with Gasteiger partial charge in [-0.05, 0) is 19.3 Å². The minimum Gasteiger partial charge on any atom is -0.359 e. The van der Waals surface area contributed by atoms with Crippen LogP contribution in [0.2, 0.25) is 0 Å². The molecule has 6 nitrogen and oxygen atoms in total. The zero-order valence-electron chi connectivity index (χ0n) is 12.5. The second-order valence-electron chi connectivity index (χ2n) is 5.55. The molecule has 1 aliphatic carbocycles. The predicted molar refractivity (Wildman–Crippen MR) is 82.3 cm³/mol. The topological polar surface area (TPSA) is 105 Å². The van der Waals surface area contributed by atoms with Gasteiger partial charge in [-0.1, -0.05) is 45.4 Å². The SMILES string of the molecule is CCCCCCS(=O)(=O)C(=[N+]=[N-])S(=O)(=O)C1CCCCC1. The monoisotopic (exact) mass is 336 g/mol. The fourth-order valence-electron chi connectivity index (χ4n) is 2.62. The van der Waals surface area contributed by atoms with E-state index in [9.17, 15) is 16.8 Å². The molecule has 1 fully saturated rings. The molecule has 1 rings (SSSR count). The van der Waals surface area contributed by atoms with E-state index in [-0.39, 0.29) is 5.75 Å². The highest BCUT2D eigenvalue weighted by Gasteiger charge is 2.46. The maximum Gasteiger partial charge on any atom is 0.495 e. The molecule has 0 heterocycles. The fraction of sp³-hybridized carbons (Fsp3) is 0.923. The summed E-state index contributed by atoms with van der Waals surface area (Å²) >= 11 is 0. The molecular weight excluding hydrogens is 312 g/mol. The standard InChI is InChI=1S/C13H24N2O4S2/c1-2-3-4-8-11-20(16,17)13(15-14)21(18,19)12-9-6-5-7-10-12/h12H,2-11H2,1H3. The lowest BCUT2D eigenvalue weighted by Gasteiger charge is -2.19. The van der Waals surface area contributed by atoms with Crippen LogP contribution in [0.15, 0.2) is 0 Å². The van der Waals surface area contributed by atoms with E-state index in [1.165, 1.54) is 0 Å². The van der Waals surface area contributed by atoms with Gasteiger partial charge in [0, 0.05) is 0 Å². The zero-order chi connectivity index (χ0) is 15.9. The molecule has 0 N–H and O–H groups in total. The van der Waals surface area contributed by atoms with Crippen molar-refractivity contribution >= 4 is 24.1 Å². The molecule has 0 amide bonds. The molecule has 122 valence electrons. The lowest BCUT2D eigenvalue weighted by molar-refractivity contribution is 0.00370. The van der Waals surface area contributed by atoms with E-state index in [4.69, 9.17) is 5.53 Å². The first-order chi connectivity index (χ1) is 9.86. The van der Waals surface area contributed by atoms with Gasteiger partial charge >= 0.3 is 4.38 Å². The molecule has 0 unspecified atom stereocenters. The molecule has 8 heteroatoms. The highest BCUT2D eigenvalue weighted by atomic mass is 32.3. The average Bonchev–Trinajstić information content (AvgIpc) is 2.44. The third-order valence-electron chi connectivity index (χ3n) is 3.85. The van der Waals surface area contributed by atoms with Crippen LogP contribution in [0.3, 0.4) is 0 Å². The van der Waals surface area contributed by atoms with Gasteiger partial charge < -0.3 is 5.53 Å². The lowest BCUT2D eigenvalue weighted by Crippen LogP contribution is -2.36. The van der Waals surface area contributed by atoms with Gasteiger partial charge in [-0.25, -0.2) is 16.8 Å². The Morgan fingerprint density at radius 2 is 1.67 bits per heavy atom. The van der Waals surface area contributed by atoms with Gasteiger partial charge in [0.15, 0.2) is 0 Å². The molecule has 0 saturated heterocycles. The summed E-state index contributed by atoms with van der Waals surface area (Å²) in [6, 6.07) is 0. The molecule has 0 aromatic carbocycles. The first-order valence-corrected chi connectivity index (χ1v) is 10.7. The Kier molecular flexibility index (Phi) is 7.03. The van der Waals surface area contributed by atoms with Crippen molar-refractivity contribution in [2.75, 3.05) is 5.75 Å². The largest absolute Gasteiger partial charge is 0.495 e. The van der Waals surface area contributed by atoms with Crippen LogP contribution in [-0.4, -0.2) is 37.0 Å². The summed E-state index contributed by atoms with van der Waals surface area (Å²) in [5, 5.41) is -0.734. The number of rotatable bonds is 6. The number of nitrogens with zero attached hydrogens (tertiary/aromatic N) is 2. The summed E-state index contributed by atoms with van der Waals surface area (Å²) in [5.74, 6) is -0.279. The van der Waals surface area contributed by atoms with Crippen LogP contribution >= 0.6 is 0 Å². The van der Waals surface area contributed by atoms with E-state index in [0.29, 0.717) is 19.3 Å². The lowest BCUT2D eigenvalue weighted by atomic mass is 10.0. The van der Waals surface area contributed by atoms with E-state index < -0.39 is 29.3 Å². The maximum atomic E-state index is 12.4. The van der Waals surface area contributed by atoms with Crippen LogP contribution in [0.4, 0.5) is 0 Å². The van der Waals surface area contributed by atoms with Gasteiger partial charge in [0.1, 0.15) is 0 Å². The molecule has 1 saturated carbocycles. The van der Waals surface area contributed by atoms with Crippen LogP contribution in [-0.2, 0) is 19.7 Å². The summed E-state index contributed by atoms with van der Waals surface area (Å²) in [4.78, 5) is 2.65. The molecule has 0 aromatic rings. The number of hydrogen-bond donors (Lipinski definition) is 0. The Labute approximate surface area is 127 Å². The predicted octanol–water partition coefficient (Wildman–Crippen LogP) is 2.31. The summed E-state index contributed by atoms with van der Waals surface area (Å²) < 4.78 is 48.0. The molecule has 0 radical (unpaired) electrons.